The lowest BCUT2D eigenvalue weighted by atomic mass is 10.0. The third-order valence-electron chi connectivity index (χ3n) is 2.97. The first kappa shape index (κ1) is 21.9. The van der Waals surface area contributed by atoms with Crippen LogP contribution in [0.1, 0.15) is 38.1 Å². The molecule has 2 aromatic rings. The largest absolute Gasteiger partial charge is 0.355 e. The zero-order valence-electron chi connectivity index (χ0n) is 15.3. The van der Waals surface area contributed by atoms with Crippen LogP contribution in [0.5, 0.6) is 0 Å². The number of hydrogen-bond acceptors (Lipinski definition) is 3. The molecule has 1 amide bonds. The van der Waals surface area contributed by atoms with Gasteiger partial charge in [0.05, 0.1) is 4.90 Å². The van der Waals surface area contributed by atoms with E-state index in [0.29, 0.717) is 5.56 Å². The van der Waals surface area contributed by atoms with E-state index >= 15 is 0 Å². The van der Waals surface area contributed by atoms with Crippen LogP contribution < -0.4 is 5.32 Å². The van der Waals surface area contributed by atoms with E-state index in [2.05, 4.69) is 5.32 Å². The number of nitrogens with one attached hydrogen (secondary N) is 1. The first-order valence-corrected chi connectivity index (χ1v) is 9.93. The molecule has 0 aromatic heterocycles. The summed E-state index contributed by atoms with van der Waals surface area (Å²) in [7, 11) is -1.61. The number of rotatable bonds is 3. The number of hydrogen-bond donors (Lipinski definition) is 1. The monoisotopic (exact) mass is 349 g/mol. The fraction of sp³-hybridized carbons (Fsp3) is 0.316. The van der Waals surface area contributed by atoms with Crippen molar-refractivity contribution in [2.45, 2.75) is 32.6 Å². The number of amides is 1. The molecule has 5 heteroatoms. The van der Waals surface area contributed by atoms with Crippen molar-refractivity contribution in [3.05, 3.63) is 54.1 Å². The molecule has 0 aliphatic rings. The molecule has 0 aliphatic carbocycles. The predicted molar refractivity (Wildman–Crippen MR) is 101 cm³/mol. The minimum atomic E-state index is -3.19. The van der Waals surface area contributed by atoms with Gasteiger partial charge in [0.1, 0.15) is 0 Å². The average Bonchev–Trinajstić information content (AvgIpc) is 2.64. The molecule has 2 rings (SSSR count). The van der Waals surface area contributed by atoms with Crippen molar-refractivity contribution in [1.82, 2.24) is 5.32 Å². The van der Waals surface area contributed by atoms with Crippen molar-refractivity contribution in [2.75, 3.05) is 13.3 Å². The van der Waals surface area contributed by atoms with E-state index in [0.717, 1.165) is 11.1 Å². The van der Waals surface area contributed by atoms with Crippen LogP contribution in [0.15, 0.2) is 53.4 Å². The van der Waals surface area contributed by atoms with E-state index < -0.39 is 9.84 Å². The zero-order valence-corrected chi connectivity index (χ0v) is 16.1. The van der Waals surface area contributed by atoms with Crippen molar-refractivity contribution in [3.63, 3.8) is 0 Å². The molecule has 4 nitrogen and oxygen atoms in total. The van der Waals surface area contributed by atoms with Gasteiger partial charge in [-0.15, -0.1) is 0 Å². The highest BCUT2D eigenvalue weighted by molar-refractivity contribution is 7.90. The van der Waals surface area contributed by atoms with Gasteiger partial charge in [-0.2, -0.15) is 0 Å². The molecule has 0 aliphatic heterocycles. The summed E-state index contributed by atoms with van der Waals surface area (Å²) in [4.78, 5) is 11.9. The van der Waals surface area contributed by atoms with Crippen molar-refractivity contribution in [1.29, 1.82) is 0 Å². The molecular weight excluding hydrogens is 322 g/mol. The smallest absolute Gasteiger partial charge is 0.251 e. The van der Waals surface area contributed by atoms with Gasteiger partial charge in [0, 0.05) is 18.9 Å². The lowest BCUT2D eigenvalue weighted by Gasteiger charge is -2.06. The Morgan fingerprint density at radius 2 is 1.42 bits per heavy atom. The van der Waals surface area contributed by atoms with Gasteiger partial charge >= 0.3 is 0 Å². The standard InChI is InChI=1S/C15H15NO3S.2C2H6/c1-16-15(17)13-5-3-4-12(10-13)11-6-8-14(9-7-11)20(2,18)19;2*1-2/h3-10H,1-2H3,(H,16,17);2*1-2H3. The first-order valence-electron chi connectivity index (χ1n) is 8.04. The maximum atomic E-state index is 11.6. The van der Waals surface area contributed by atoms with Crippen molar-refractivity contribution in [3.8, 4) is 11.1 Å². The highest BCUT2D eigenvalue weighted by Gasteiger charge is 2.08. The molecule has 0 atom stereocenters. The van der Waals surface area contributed by atoms with Crippen molar-refractivity contribution >= 4 is 15.7 Å². The normalized spacial score (nSPS) is 9.75. The molecule has 0 saturated heterocycles. The minimum Gasteiger partial charge on any atom is -0.355 e. The summed E-state index contributed by atoms with van der Waals surface area (Å²) in [6.07, 6.45) is 1.17. The quantitative estimate of drug-likeness (QED) is 0.904. The van der Waals surface area contributed by atoms with Crippen LogP contribution >= 0.6 is 0 Å². The summed E-state index contributed by atoms with van der Waals surface area (Å²) in [5.41, 5.74) is 2.30. The second kappa shape index (κ2) is 10.6. The van der Waals surface area contributed by atoms with Crippen LogP contribution in [0.2, 0.25) is 0 Å². The number of sulfone groups is 1. The van der Waals surface area contributed by atoms with E-state index in [1.807, 2.05) is 33.8 Å². The Balaban J connectivity index is 0.00000123. The summed E-state index contributed by atoms with van der Waals surface area (Å²) < 4.78 is 22.8. The van der Waals surface area contributed by atoms with Gasteiger partial charge < -0.3 is 5.32 Å². The van der Waals surface area contributed by atoms with Crippen LogP contribution in [0.3, 0.4) is 0 Å². The van der Waals surface area contributed by atoms with Gasteiger partial charge in [-0.1, -0.05) is 52.0 Å². The summed E-state index contributed by atoms with van der Waals surface area (Å²) in [5, 5.41) is 2.57. The van der Waals surface area contributed by atoms with Gasteiger partial charge in [-0.25, -0.2) is 8.42 Å². The van der Waals surface area contributed by atoms with Gasteiger partial charge in [0.15, 0.2) is 9.84 Å². The molecule has 0 unspecified atom stereocenters. The molecule has 2 aromatic carbocycles. The summed E-state index contributed by atoms with van der Waals surface area (Å²) >= 11 is 0. The predicted octanol–water partition coefficient (Wildman–Crippen LogP) is 4.17. The van der Waals surface area contributed by atoms with Gasteiger partial charge in [-0.3, -0.25) is 4.79 Å². The number of carbonyl (C=O) groups is 1. The molecule has 0 heterocycles. The molecule has 0 saturated carbocycles. The lowest BCUT2D eigenvalue weighted by Crippen LogP contribution is -2.17. The third kappa shape index (κ3) is 6.16. The van der Waals surface area contributed by atoms with Crippen molar-refractivity contribution < 1.29 is 13.2 Å². The molecule has 24 heavy (non-hydrogen) atoms. The SMILES string of the molecule is CC.CC.CNC(=O)c1cccc(-c2ccc(S(C)(=O)=O)cc2)c1. The van der Waals surface area contributed by atoms with Crippen LogP contribution in [-0.2, 0) is 9.84 Å². The molecular formula is C19H27NO3S. The molecule has 0 fully saturated rings. The highest BCUT2D eigenvalue weighted by Crippen LogP contribution is 2.22. The minimum absolute atomic E-state index is 0.153. The summed E-state index contributed by atoms with van der Waals surface area (Å²) in [5.74, 6) is -0.153. The Hall–Kier alpha value is -2.14. The van der Waals surface area contributed by atoms with Gasteiger partial charge in [0.25, 0.3) is 5.91 Å². The van der Waals surface area contributed by atoms with Crippen molar-refractivity contribution in [2.24, 2.45) is 0 Å². The Labute approximate surface area is 145 Å². The second-order valence-electron chi connectivity index (χ2n) is 4.46. The Bertz CT molecular complexity index is 735. The first-order chi connectivity index (χ1) is 11.4. The van der Waals surface area contributed by atoms with Crippen LogP contribution in [-0.4, -0.2) is 27.6 Å². The number of carbonyl (C=O) groups excluding carboxylic acids is 1. The fourth-order valence-corrected chi connectivity index (χ4v) is 2.51. The second-order valence-corrected chi connectivity index (χ2v) is 6.47. The molecule has 0 spiro atoms. The van der Waals surface area contributed by atoms with Gasteiger partial charge in [0.2, 0.25) is 0 Å². The maximum Gasteiger partial charge on any atom is 0.251 e. The fourth-order valence-electron chi connectivity index (χ4n) is 1.88. The Morgan fingerprint density at radius 1 is 0.875 bits per heavy atom. The van der Waals surface area contributed by atoms with E-state index in [1.54, 1.807) is 49.5 Å². The lowest BCUT2D eigenvalue weighted by molar-refractivity contribution is 0.0963. The van der Waals surface area contributed by atoms with Gasteiger partial charge in [-0.05, 0) is 35.4 Å². The third-order valence-corrected chi connectivity index (χ3v) is 4.10. The Kier molecular flexibility index (Phi) is 9.65. The summed E-state index contributed by atoms with van der Waals surface area (Å²) in [6, 6.07) is 13.8. The zero-order chi connectivity index (χ0) is 18.8. The molecule has 132 valence electrons. The molecule has 1 N–H and O–H groups in total. The topological polar surface area (TPSA) is 63.2 Å². The van der Waals surface area contributed by atoms with E-state index in [4.69, 9.17) is 0 Å². The molecule has 0 bridgehead atoms. The highest BCUT2D eigenvalue weighted by atomic mass is 32.2. The molecule has 0 radical (unpaired) electrons. The van der Waals surface area contributed by atoms with Crippen LogP contribution in [0.25, 0.3) is 11.1 Å². The van der Waals surface area contributed by atoms with Crippen LogP contribution in [0.4, 0.5) is 0 Å². The van der Waals surface area contributed by atoms with E-state index in [9.17, 15) is 13.2 Å². The van der Waals surface area contributed by atoms with E-state index in [-0.39, 0.29) is 10.8 Å². The number of benzene rings is 2. The summed E-state index contributed by atoms with van der Waals surface area (Å²) in [6.45, 7) is 8.00. The Morgan fingerprint density at radius 3 is 1.88 bits per heavy atom. The average molecular weight is 349 g/mol. The maximum absolute atomic E-state index is 11.6. The van der Waals surface area contributed by atoms with Crippen LogP contribution in [0, 0.1) is 0 Å². The van der Waals surface area contributed by atoms with E-state index in [1.165, 1.54) is 6.26 Å².